The molecule has 0 saturated heterocycles. The smallest absolute Gasteiger partial charge is 0.0701 e. The van der Waals surface area contributed by atoms with Gasteiger partial charge in [0.15, 0.2) is 0 Å². The van der Waals surface area contributed by atoms with Crippen molar-refractivity contribution in [3.05, 3.63) is 55.1 Å². The van der Waals surface area contributed by atoms with Crippen LogP contribution in [0.5, 0.6) is 0 Å². The molecule has 20 heavy (non-hydrogen) atoms. The third kappa shape index (κ3) is 3.83. The van der Waals surface area contributed by atoms with Gasteiger partial charge in [0.1, 0.15) is 0 Å². The number of hydrogen-bond acceptors (Lipinski definition) is 3. The summed E-state index contributed by atoms with van der Waals surface area (Å²) in [5.41, 5.74) is 9.72. The van der Waals surface area contributed by atoms with Crippen molar-refractivity contribution >= 4 is 38.9 Å². The Hall–Kier alpha value is -0.390. The summed E-state index contributed by atoms with van der Waals surface area (Å²) in [6.07, 6.45) is 0. The molecule has 5 heteroatoms. The second-order valence-corrected chi connectivity index (χ2v) is 7.65. The molecule has 2 aromatic rings. The molecular formula is C15H18BrClN2S. The van der Waals surface area contributed by atoms with E-state index in [0.717, 1.165) is 15.4 Å². The molecule has 1 aromatic carbocycles. The first-order valence-corrected chi connectivity index (χ1v) is 8.45. The lowest BCUT2D eigenvalue weighted by molar-refractivity contribution is 0.241. The second-order valence-electron chi connectivity index (χ2n) is 4.93. The van der Waals surface area contributed by atoms with E-state index in [-0.39, 0.29) is 6.04 Å². The van der Waals surface area contributed by atoms with Crippen LogP contribution in [0.15, 0.2) is 33.4 Å². The lowest BCUT2D eigenvalue weighted by Crippen LogP contribution is -2.30. The van der Waals surface area contributed by atoms with E-state index in [2.05, 4.69) is 52.3 Å². The summed E-state index contributed by atoms with van der Waals surface area (Å²) in [5.74, 6) is 0. The maximum atomic E-state index is 6.03. The van der Waals surface area contributed by atoms with E-state index in [9.17, 15) is 0 Å². The van der Waals surface area contributed by atoms with Crippen molar-refractivity contribution in [3.8, 4) is 0 Å². The van der Waals surface area contributed by atoms with E-state index in [4.69, 9.17) is 17.3 Å². The molecule has 2 nitrogen and oxygen atoms in total. The van der Waals surface area contributed by atoms with Crippen LogP contribution in [0.2, 0.25) is 5.02 Å². The molecule has 0 aliphatic carbocycles. The fourth-order valence-electron chi connectivity index (χ4n) is 2.38. The highest BCUT2D eigenvalue weighted by Crippen LogP contribution is 2.27. The number of nitrogens with two attached hydrogens (primary N) is 1. The van der Waals surface area contributed by atoms with E-state index < -0.39 is 0 Å². The van der Waals surface area contributed by atoms with Gasteiger partial charge in [0.05, 0.1) is 3.79 Å². The molecule has 2 N–H and O–H groups in total. The minimum absolute atomic E-state index is 0.200. The molecule has 0 saturated carbocycles. The van der Waals surface area contributed by atoms with Crippen LogP contribution < -0.4 is 5.73 Å². The lowest BCUT2D eigenvalue weighted by Gasteiger charge is -2.28. The highest BCUT2D eigenvalue weighted by atomic mass is 79.9. The predicted octanol–water partition coefficient (Wildman–Crippen LogP) is 4.60. The molecule has 1 aromatic heterocycles. The molecule has 0 bridgehead atoms. The van der Waals surface area contributed by atoms with Crippen LogP contribution >= 0.6 is 38.9 Å². The molecule has 0 fully saturated rings. The first-order chi connectivity index (χ1) is 9.51. The molecular weight excluding hydrogens is 356 g/mol. The fraction of sp³-hybridized carbons (Fsp3) is 0.333. The Morgan fingerprint density at radius 3 is 2.70 bits per heavy atom. The first kappa shape index (κ1) is 16.0. The Morgan fingerprint density at radius 2 is 2.15 bits per heavy atom. The van der Waals surface area contributed by atoms with Gasteiger partial charge in [0.25, 0.3) is 0 Å². The zero-order valence-electron chi connectivity index (χ0n) is 11.6. The molecule has 0 amide bonds. The summed E-state index contributed by atoms with van der Waals surface area (Å²) >= 11 is 11.2. The van der Waals surface area contributed by atoms with Gasteiger partial charge in [-0.3, -0.25) is 4.90 Å². The number of thiophene rings is 1. The standard InChI is InChI=1S/C15H18BrClN2S/c1-10-5-12(17)3-4-13(10)14(7-18)19(2)8-11-6-15(16)20-9-11/h3-6,9,14H,7-8,18H2,1-2H3. The summed E-state index contributed by atoms with van der Waals surface area (Å²) in [4.78, 5) is 2.28. The highest BCUT2D eigenvalue weighted by Gasteiger charge is 2.18. The minimum Gasteiger partial charge on any atom is -0.329 e. The van der Waals surface area contributed by atoms with Gasteiger partial charge in [-0.1, -0.05) is 17.7 Å². The quantitative estimate of drug-likeness (QED) is 0.829. The zero-order chi connectivity index (χ0) is 14.7. The Labute approximate surface area is 137 Å². The molecule has 1 atom stereocenters. The fourth-order valence-corrected chi connectivity index (χ4v) is 3.81. The van der Waals surface area contributed by atoms with Gasteiger partial charge in [-0.2, -0.15) is 0 Å². The van der Waals surface area contributed by atoms with Gasteiger partial charge in [0, 0.05) is 24.2 Å². The topological polar surface area (TPSA) is 29.3 Å². The number of nitrogens with zero attached hydrogens (tertiary/aromatic N) is 1. The number of benzene rings is 1. The second kappa shape index (κ2) is 7.05. The molecule has 2 rings (SSSR count). The number of halogens is 2. The Morgan fingerprint density at radius 1 is 1.40 bits per heavy atom. The molecule has 1 heterocycles. The zero-order valence-corrected chi connectivity index (χ0v) is 14.7. The number of rotatable bonds is 5. The van der Waals surface area contributed by atoms with Gasteiger partial charge >= 0.3 is 0 Å². The van der Waals surface area contributed by atoms with Crippen LogP contribution in [-0.2, 0) is 6.54 Å². The van der Waals surface area contributed by atoms with Gasteiger partial charge in [-0.15, -0.1) is 11.3 Å². The summed E-state index contributed by atoms with van der Waals surface area (Å²) in [6, 6.07) is 8.36. The van der Waals surface area contributed by atoms with Crippen LogP contribution in [0.1, 0.15) is 22.7 Å². The van der Waals surface area contributed by atoms with Crippen molar-refractivity contribution in [2.24, 2.45) is 5.73 Å². The number of aryl methyl sites for hydroxylation is 1. The molecule has 108 valence electrons. The lowest BCUT2D eigenvalue weighted by atomic mass is 10.00. The SMILES string of the molecule is Cc1cc(Cl)ccc1C(CN)N(C)Cc1csc(Br)c1. The van der Waals surface area contributed by atoms with Crippen LogP contribution in [0.4, 0.5) is 0 Å². The number of likely N-dealkylation sites (N-methyl/N-ethyl adjacent to an activating group) is 1. The molecule has 0 aliphatic heterocycles. The molecule has 0 radical (unpaired) electrons. The van der Waals surface area contributed by atoms with E-state index in [0.29, 0.717) is 6.54 Å². The average Bonchev–Trinajstić information content (AvgIpc) is 2.78. The summed E-state index contributed by atoms with van der Waals surface area (Å²) < 4.78 is 1.16. The Kier molecular flexibility index (Phi) is 5.64. The molecule has 0 spiro atoms. The van der Waals surface area contributed by atoms with Crippen LogP contribution in [0.3, 0.4) is 0 Å². The van der Waals surface area contributed by atoms with Gasteiger partial charge < -0.3 is 5.73 Å². The largest absolute Gasteiger partial charge is 0.329 e. The summed E-state index contributed by atoms with van der Waals surface area (Å²) in [7, 11) is 2.11. The normalized spacial score (nSPS) is 12.9. The molecule has 1 unspecified atom stereocenters. The van der Waals surface area contributed by atoms with Crippen LogP contribution in [-0.4, -0.2) is 18.5 Å². The first-order valence-electron chi connectivity index (χ1n) is 6.40. The van der Waals surface area contributed by atoms with E-state index in [1.165, 1.54) is 16.7 Å². The van der Waals surface area contributed by atoms with Crippen molar-refractivity contribution in [1.82, 2.24) is 4.90 Å². The third-order valence-electron chi connectivity index (χ3n) is 3.40. The van der Waals surface area contributed by atoms with Gasteiger partial charge in [-0.05, 0) is 70.2 Å². The van der Waals surface area contributed by atoms with E-state index >= 15 is 0 Å². The maximum Gasteiger partial charge on any atom is 0.0701 e. The summed E-state index contributed by atoms with van der Waals surface area (Å²) in [6.45, 7) is 3.55. The van der Waals surface area contributed by atoms with Gasteiger partial charge in [-0.25, -0.2) is 0 Å². The average molecular weight is 374 g/mol. The third-order valence-corrected chi connectivity index (χ3v) is 5.19. The maximum absolute atomic E-state index is 6.03. The van der Waals surface area contributed by atoms with Crippen molar-refractivity contribution in [1.29, 1.82) is 0 Å². The monoisotopic (exact) mass is 372 g/mol. The number of hydrogen-bond donors (Lipinski definition) is 1. The van der Waals surface area contributed by atoms with Crippen molar-refractivity contribution < 1.29 is 0 Å². The van der Waals surface area contributed by atoms with Crippen molar-refractivity contribution in [2.75, 3.05) is 13.6 Å². The van der Waals surface area contributed by atoms with Crippen molar-refractivity contribution in [2.45, 2.75) is 19.5 Å². The van der Waals surface area contributed by atoms with Crippen LogP contribution in [0, 0.1) is 6.92 Å². The van der Waals surface area contributed by atoms with Crippen LogP contribution in [0.25, 0.3) is 0 Å². The Balaban J connectivity index is 2.18. The van der Waals surface area contributed by atoms with Crippen molar-refractivity contribution in [3.63, 3.8) is 0 Å². The van der Waals surface area contributed by atoms with E-state index in [1.807, 2.05) is 12.1 Å². The minimum atomic E-state index is 0.200. The highest BCUT2D eigenvalue weighted by molar-refractivity contribution is 9.11. The summed E-state index contributed by atoms with van der Waals surface area (Å²) in [5, 5.41) is 2.94. The predicted molar refractivity (Wildman–Crippen MR) is 91.5 cm³/mol. The molecule has 0 aliphatic rings. The Bertz CT molecular complexity index is 585. The van der Waals surface area contributed by atoms with E-state index in [1.54, 1.807) is 11.3 Å². The van der Waals surface area contributed by atoms with Gasteiger partial charge in [0.2, 0.25) is 0 Å².